The highest BCUT2D eigenvalue weighted by Crippen LogP contribution is 2.05. The van der Waals surface area contributed by atoms with Crippen molar-refractivity contribution in [1.29, 1.82) is 0 Å². The highest BCUT2D eigenvalue weighted by atomic mass is 35.5. The molecule has 1 atom stereocenters. The van der Waals surface area contributed by atoms with Gasteiger partial charge in [0.15, 0.2) is 0 Å². The van der Waals surface area contributed by atoms with Gasteiger partial charge in [0.05, 0.1) is 0 Å². The summed E-state index contributed by atoms with van der Waals surface area (Å²) in [6.45, 7) is 1.84. The summed E-state index contributed by atoms with van der Waals surface area (Å²) in [6, 6.07) is 6.35. The van der Waals surface area contributed by atoms with Gasteiger partial charge in [-0.1, -0.05) is 12.1 Å². The van der Waals surface area contributed by atoms with Crippen molar-refractivity contribution in [3.63, 3.8) is 0 Å². The van der Waals surface area contributed by atoms with E-state index in [2.05, 4.69) is 10.6 Å². The number of halogens is 2. The first-order valence-corrected chi connectivity index (χ1v) is 6.19. The minimum absolute atomic E-state index is 0. The van der Waals surface area contributed by atoms with Crippen molar-refractivity contribution in [1.82, 2.24) is 10.6 Å². The summed E-state index contributed by atoms with van der Waals surface area (Å²) in [5.74, 6) is -0.429. The molecule has 1 amide bonds. The molecule has 2 N–H and O–H groups in total. The Labute approximate surface area is 118 Å². The number of benzene rings is 1. The Hall–Kier alpha value is -1.39. The van der Waals surface area contributed by atoms with Crippen LogP contribution in [0.3, 0.4) is 0 Å². The van der Waals surface area contributed by atoms with E-state index in [0.717, 1.165) is 25.9 Å². The number of nitrogens with one attached hydrogen (secondary N) is 2. The van der Waals surface area contributed by atoms with Crippen LogP contribution in [-0.4, -0.2) is 25.0 Å². The topological polar surface area (TPSA) is 41.1 Å². The van der Waals surface area contributed by atoms with Crippen molar-refractivity contribution in [2.75, 3.05) is 13.1 Å². The number of piperidine rings is 1. The zero-order valence-electron chi connectivity index (χ0n) is 10.6. The highest BCUT2D eigenvalue weighted by Gasteiger charge is 2.13. The Kier molecular flexibility index (Phi) is 6.53. The van der Waals surface area contributed by atoms with Crippen LogP contribution in [-0.2, 0) is 4.79 Å². The first-order chi connectivity index (χ1) is 8.74. The van der Waals surface area contributed by atoms with Crippen LogP contribution in [0, 0.1) is 5.82 Å². The molecule has 19 heavy (non-hydrogen) atoms. The molecule has 0 aromatic heterocycles. The van der Waals surface area contributed by atoms with Crippen molar-refractivity contribution in [3.05, 3.63) is 41.7 Å². The van der Waals surface area contributed by atoms with Crippen LogP contribution >= 0.6 is 12.4 Å². The fourth-order valence-corrected chi connectivity index (χ4v) is 2.01. The van der Waals surface area contributed by atoms with Crippen molar-refractivity contribution in [2.24, 2.45) is 0 Å². The molecule has 0 radical (unpaired) electrons. The molecule has 1 fully saturated rings. The minimum Gasteiger partial charge on any atom is -0.349 e. The lowest BCUT2D eigenvalue weighted by molar-refractivity contribution is -0.117. The second-order valence-electron chi connectivity index (χ2n) is 4.44. The first kappa shape index (κ1) is 15.7. The third kappa shape index (κ3) is 5.41. The summed E-state index contributed by atoms with van der Waals surface area (Å²) in [5.41, 5.74) is 0.687. The van der Waals surface area contributed by atoms with E-state index in [0.29, 0.717) is 5.56 Å². The Bertz CT molecular complexity index is 445. The maximum Gasteiger partial charge on any atom is 0.244 e. The van der Waals surface area contributed by atoms with Crippen molar-refractivity contribution < 1.29 is 9.18 Å². The van der Waals surface area contributed by atoms with Gasteiger partial charge in [-0.2, -0.15) is 0 Å². The molecule has 3 nitrogen and oxygen atoms in total. The van der Waals surface area contributed by atoms with Crippen LogP contribution in [0.4, 0.5) is 4.39 Å². The van der Waals surface area contributed by atoms with Gasteiger partial charge >= 0.3 is 0 Å². The number of carbonyl (C=O) groups excluding carboxylic acids is 1. The van der Waals surface area contributed by atoms with E-state index in [4.69, 9.17) is 0 Å². The standard InChI is InChI=1S/C14H17FN2O.ClH/c15-12-4-1-3-11(9-12)6-7-14(18)17-13-5-2-8-16-10-13;/h1,3-4,6-7,9,13,16H,2,5,8,10H2,(H,17,18);1H/b7-6+;. The number of carbonyl (C=O) groups is 1. The quantitative estimate of drug-likeness (QED) is 0.835. The summed E-state index contributed by atoms with van der Waals surface area (Å²) in [5, 5.41) is 6.15. The fourth-order valence-electron chi connectivity index (χ4n) is 2.01. The lowest BCUT2D eigenvalue weighted by Crippen LogP contribution is -2.45. The molecule has 1 saturated heterocycles. The van der Waals surface area contributed by atoms with Gasteiger partial charge in [0.1, 0.15) is 5.82 Å². The van der Waals surface area contributed by atoms with Crippen molar-refractivity contribution in [2.45, 2.75) is 18.9 Å². The van der Waals surface area contributed by atoms with Crippen LogP contribution in [0.5, 0.6) is 0 Å². The second kappa shape index (κ2) is 7.92. The van der Waals surface area contributed by atoms with E-state index >= 15 is 0 Å². The molecule has 0 spiro atoms. The van der Waals surface area contributed by atoms with Gasteiger partial charge in [0.2, 0.25) is 5.91 Å². The average Bonchev–Trinajstić information content (AvgIpc) is 2.38. The molecule has 104 valence electrons. The van der Waals surface area contributed by atoms with Crippen LogP contribution in [0.2, 0.25) is 0 Å². The number of amides is 1. The normalized spacial score (nSPS) is 18.9. The van der Waals surface area contributed by atoms with Gasteiger partial charge in [-0.3, -0.25) is 4.79 Å². The van der Waals surface area contributed by atoms with E-state index < -0.39 is 0 Å². The van der Waals surface area contributed by atoms with Gasteiger partial charge < -0.3 is 10.6 Å². The third-order valence-electron chi connectivity index (χ3n) is 2.92. The van der Waals surface area contributed by atoms with E-state index in [1.165, 1.54) is 18.2 Å². The average molecular weight is 285 g/mol. The monoisotopic (exact) mass is 284 g/mol. The molecular formula is C14H18ClFN2O. The summed E-state index contributed by atoms with van der Waals surface area (Å²) in [7, 11) is 0. The molecule has 1 aliphatic heterocycles. The summed E-state index contributed by atoms with van der Waals surface area (Å²) < 4.78 is 12.9. The lowest BCUT2D eigenvalue weighted by atomic mass is 10.1. The Morgan fingerprint density at radius 1 is 1.47 bits per heavy atom. The smallest absolute Gasteiger partial charge is 0.244 e. The zero-order valence-corrected chi connectivity index (χ0v) is 11.4. The second-order valence-corrected chi connectivity index (χ2v) is 4.44. The lowest BCUT2D eigenvalue weighted by Gasteiger charge is -2.23. The van der Waals surface area contributed by atoms with E-state index in [-0.39, 0.29) is 30.2 Å². The molecule has 1 aromatic carbocycles. The highest BCUT2D eigenvalue weighted by molar-refractivity contribution is 5.91. The number of rotatable bonds is 3. The molecule has 0 saturated carbocycles. The molecule has 0 aliphatic carbocycles. The molecule has 1 unspecified atom stereocenters. The Balaban J connectivity index is 0.00000180. The van der Waals surface area contributed by atoms with Crippen LogP contribution in [0.1, 0.15) is 18.4 Å². The summed E-state index contributed by atoms with van der Waals surface area (Å²) in [6.07, 6.45) is 5.16. The predicted octanol–water partition coefficient (Wildman–Crippen LogP) is 2.13. The van der Waals surface area contributed by atoms with Gasteiger partial charge in [-0.05, 0) is 43.2 Å². The Morgan fingerprint density at radius 2 is 2.32 bits per heavy atom. The summed E-state index contributed by atoms with van der Waals surface area (Å²) >= 11 is 0. The number of hydrogen-bond acceptors (Lipinski definition) is 2. The maximum absolute atomic E-state index is 12.9. The zero-order chi connectivity index (χ0) is 12.8. The molecule has 1 heterocycles. The SMILES string of the molecule is Cl.O=C(/C=C/c1cccc(F)c1)NC1CCCNC1. The molecule has 5 heteroatoms. The van der Waals surface area contributed by atoms with E-state index in [1.54, 1.807) is 18.2 Å². The molecule has 1 aliphatic rings. The van der Waals surface area contributed by atoms with E-state index in [1.807, 2.05) is 0 Å². The minimum atomic E-state index is -0.297. The maximum atomic E-state index is 12.9. The van der Waals surface area contributed by atoms with Gasteiger partial charge in [0.25, 0.3) is 0 Å². The third-order valence-corrected chi connectivity index (χ3v) is 2.92. The van der Waals surface area contributed by atoms with Crippen molar-refractivity contribution in [3.8, 4) is 0 Å². The Morgan fingerprint density at radius 3 is 3.00 bits per heavy atom. The van der Waals surface area contributed by atoms with Crippen molar-refractivity contribution >= 4 is 24.4 Å². The largest absolute Gasteiger partial charge is 0.349 e. The van der Waals surface area contributed by atoms with Crippen LogP contribution in [0.25, 0.3) is 6.08 Å². The molecule has 1 aromatic rings. The summed E-state index contributed by atoms with van der Waals surface area (Å²) in [4.78, 5) is 11.7. The van der Waals surface area contributed by atoms with Crippen LogP contribution in [0.15, 0.2) is 30.3 Å². The molecule has 0 bridgehead atoms. The number of hydrogen-bond donors (Lipinski definition) is 2. The molecule has 2 rings (SSSR count). The van der Waals surface area contributed by atoms with Crippen LogP contribution < -0.4 is 10.6 Å². The van der Waals surface area contributed by atoms with Gasteiger partial charge in [-0.15, -0.1) is 12.4 Å². The fraction of sp³-hybridized carbons (Fsp3) is 0.357. The van der Waals surface area contributed by atoms with E-state index in [9.17, 15) is 9.18 Å². The predicted molar refractivity (Wildman–Crippen MR) is 76.7 cm³/mol. The first-order valence-electron chi connectivity index (χ1n) is 6.19. The van der Waals surface area contributed by atoms with Gasteiger partial charge in [-0.25, -0.2) is 4.39 Å². The van der Waals surface area contributed by atoms with Gasteiger partial charge in [0, 0.05) is 18.7 Å². The molecular weight excluding hydrogens is 267 g/mol.